The van der Waals surface area contributed by atoms with E-state index < -0.39 is 29.0 Å². The highest BCUT2D eigenvalue weighted by molar-refractivity contribution is 6.31. The van der Waals surface area contributed by atoms with E-state index in [0.29, 0.717) is 37.5 Å². The normalized spacial score (nSPS) is 19.0. The number of benzene rings is 1. The molecule has 2 aliphatic rings. The predicted molar refractivity (Wildman–Crippen MR) is 113 cm³/mol. The monoisotopic (exact) mass is 469 g/mol. The molecule has 4 rings (SSSR count). The van der Waals surface area contributed by atoms with Crippen LogP contribution in [0.25, 0.3) is 0 Å². The fraction of sp³-hybridized carbons (Fsp3) is 0.455. The third-order valence-electron chi connectivity index (χ3n) is 6.16. The molecule has 172 valence electrons. The van der Waals surface area contributed by atoms with Crippen LogP contribution in [0.5, 0.6) is 5.75 Å². The molecule has 2 aromatic rings. The van der Waals surface area contributed by atoms with Crippen LogP contribution in [0.3, 0.4) is 0 Å². The van der Waals surface area contributed by atoms with Crippen molar-refractivity contribution in [2.45, 2.75) is 37.5 Å². The molecule has 1 fully saturated rings. The molecule has 32 heavy (non-hydrogen) atoms. The van der Waals surface area contributed by atoms with E-state index in [4.69, 9.17) is 16.3 Å². The van der Waals surface area contributed by atoms with Gasteiger partial charge in [-0.05, 0) is 62.7 Å². The highest BCUT2D eigenvalue weighted by Gasteiger charge is 2.48. The van der Waals surface area contributed by atoms with Crippen LogP contribution in [0.1, 0.15) is 42.7 Å². The molecule has 1 saturated heterocycles. The largest absolute Gasteiger partial charge is 0.491 e. The third-order valence-corrected chi connectivity index (χ3v) is 6.40. The summed E-state index contributed by atoms with van der Waals surface area (Å²) >= 11 is 6.14. The van der Waals surface area contributed by atoms with E-state index in [1.165, 1.54) is 13.1 Å². The number of hydrogen-bond donors (Lipinski definition) is 2. The molecule has 1 atom stereocenters. The number of amides is 1. The van der Waals surface area contributed by atoms with Gasteiger partial charge in [0.1, 0.15) is 12.4 Å². The van der Waals surface area contributed by atoms with Crippen molar-refractivity contribution in [3.05, 3.63) is 52.3 Å². The number of alkyl halides is 3. The number of anilines is 1. The summed E-state index contributed by atoms with van der Waals surface area (Å²) in [5.74, 6) is -0.0245. The average molecular weight is 470 g/mol. The average Bonchev–Trinajstić information content (AvgIpc) is 2.99. The third kappa shape index (κ3) is 4.29. The van der Waals surface area contributed by atoms with Crippen molar-refractivity contribution in [1.82, 2.24) is 9.88 Å². The molecule has 3 heterocycles. The van der Waals surface area contributed by atoms with E-state index in [-0.39, 0.29) is 18.3 Å². The first kappa shape index (κ1) is 22.8. The fourth-order valence-corrected chi connectivity index (χ4v) is 4.60. The van der Waals surface area contributed by atoms with Crippen molar-refractivity contribution >= 4 is 23.2 Å². The number of rotatable bonds is 5. The fourth-order valence-electron chi connectivity index (χ4n) is 4.43. The van der Waals surface area contributed by atoms with Crippen molar-refractivity contribution in [1.29, 1.82) is 0 Å². The Labute approximate surface area is 188 Å². The van der Waals surface area contributed by atoms with Crippen LogP contribution in [0.15, 0.2) is 30.5 Å². The number of nitrogens with zero attached hydrogens (tertiary/aromatic N) is 2. The molecular formula is C22H23ClF3N3O3. The van der Waals surface area contributed by atoms with Gasteiger partial charge in [-0.1, -0.05) is 11.6 Å². The van der Waals surface area contributed by atoms with Crippen molar-refractivity contribution in [3.8, 4) is 5.75 Å². The number of nitrogens with one attached hydrogen (secondary N) is 1. The number of likely N-dealkylation sites (tertiary alicyclic amines) is 1. The lowest BCUT2D eigenvalue weighted by Crippen LogP contribution is -2.47. The standard InChI is InChI=1S/C22H23ClF3N3O3/c1-13(30)19-17(22(24,25)26)11-15(12-27-19)32-9-8-29-6-4-21(5-7-29)16-10-14(23)2-3-18(16)28-20(21)31/h2-3,10-13,30H,4-9H2,1H3,(H,28,31). The number of aliphatic hydroxyl groups is 1. The van der Waals surface area contributed by atoms with Gasteiger partial charge in [-0.25, -0.2) is 0 Å². The van der Waals surface area contributed by atoms with Crippen molar-refractivity contribution in [3.63, 3.8) is 0 Å². The first-order chi connectivity index (χ1) is 15.1. The molecule has 1 aromatic heterocycles. The molecule has 0 bridgehead atoms. The molecule has 0 saturated carbocycles. The number of aliphatic hydroxyl groups excluding tert-OH is 1. The minimum absolute atomic E-state index is 0.00561. The van der Waals surface area contributed by atoms with Gasteiger partial charge in [-0.3, -0.25) is 14.7 Å². The maximum atomic E-state index is 13.3. The number of hydrogen-bond acceptors (Lipinski definition) is 5. The molecule has 10 heteroatoms. The van der Waals surface area contributed by atoms with Crippen LogP contribution in [0.2, 0.25) is 5.02 Å². The van der Waals surface area contributed by atoms with E-state index in [1.54, 1.807) is 6.07 Å². The van der Waals surface area contributed by atoms with Crippen LogP contribution < -0.4 is 10.1 Å². The highest BCUT2D eigenvalue weighted by Crippen LogP contribution is 2.45. The van der Waals surface area contributed by atoms with Crippen molar-refractivity contribution < 1.29 is 27.8 Å². The number of aromatic nitrogens is 1. The van der Waals surface area contributed by atoms with Gasteiger partial charge >= 0.3 is 6.18 Å². The van der Waals surface area contributed by atoms with Gasteiger partial charge in [0.2, 0.25) is 5.91 Å². The Kier molecular flexibility index (Phi) is 6.08. The zero-order chi connectivity index (χ0) is 23.1. The first-order valence-electron chi connectivity index (χ1n) is 10.3. The zero-order valence-corrected chi connectivity index (χ0v) is 18.1. The van der Waals surface area contributed by atoms with Crippen LogP contribution in [-0.4, -0.2) is 47.1 Å². The van der Waals surface area contributed by atoms with Gasteiger partial charge in [0.05, 0.1) is 29.0 Å². The number of fused-ring (bicyclic) bond motifs is 2. The lowest BCUT2D eigenvalue weighted by atomic mass is 9.73. The zero-order valence-electron chi connectivity index (χ0n) is 17.4. The Balaban J connectivity index is 1.36. The van der Waals surface area contributed by atoms with E-state index in [0.717, 1.165) is 17.3 Å². The van der Waals surface area contributed by atoms with Gasteiger partial charge in [0.25, 0.3) is 0 Å². The van der Waals surface area contributed by atoms with Gasteiger partial charge in [0.15, 0.2) is 0 Å². The summed E-state index contributed by atoms with van der Waals surface area (Å²) in [5, 5.41) is 13.1. The Morgan fingerprint density at radius 2 is 2.03 bits per heavy atom. The van der Waals surface area contributed by atoms with Crippen molar-refractivity contribution in [2.75, 3.05) is 31.6 Å². The Morgan fingerprint density at radius 3 is 2.69 bits per heavy atom. The maximum absolute atomic E-state index is 13.3. The van der Waals surface area contributed by atoms with Crippen molar-refractivity contribution in [2.24, 2.45) is 0 Å². The lowest BCUT2D eigenvalue weighted by Gasteiger charge is -2.38. The molecule has 6 nitrogen and oxygen atoms in total. The number of halogens is 4. The Hall–Kier alpha value is -2.36. The SMILES string of the molecule is CC(O)c1ncc(OCCN2CCC3(CC2)C(=O)Nc2ccc(Cl)cc23)cc1C(F)(F)F. The first-order valence-corrected chi connectivity index (χ1v) is 10.7. The molecule has 2 N–H and O–H groups in total. The summed E-state index contributed by atoms with van der Waals surface area (Å²) in [6, 6.07) is 6.27. The molecule has 1 unspecified atom stereocenters. The molecule has 0 radical (unpaired) electrons. The van der Waals surface area contributed by atoms with E-state index in [1.807, 2.05) is 12.1 Å². The van der Waals surface area contributed by atoms with Crippen LogP contribution in [0, 0.1) is 0 Å². The van der Waals surface area contributed by atoms with Crippen LogP contribution in [0.4, 0.5) is 18.9 Å². The smallest absolute Gasteiger partial charge is 0.418 e. The number of pyridine rings is 1. The molecule has 2 aliphatic heterocycles. The van der Waals surface area contributed by atoms with E-state index >= 15 is 0 Å². The summed E-state index contributed by atoms with van der Waals surface area (Å²) in [6.07, 6.45) is -3.55. The highest BCUT2D eigenvalue weighted by atomic mass is 35.5. The molecule has 1 spiro atoms. The van der Waals surface area contributed by atoms with Gasteiger partial charge in [-0.2, -0.15) is 13.2 Å². The van der Waals surface area contributed by atoms with Gasteiger partial charge < -0.3 is 15.2 Å². The van der Waals surface area contributed by atoms with E-state index in [2.05, 4.69) is 15.2 Å². The Bertz CT molecular complexity index is 1020. The number of carbonyl (C=O) groups is 1. The summed E-state index contributed by atoms with van der Waals surface area (Å²) in [6.45, 7) is 3.21. The number of carbonyl (C=O) groups excluding carboxylic acids is 1. The minimum atomic E-state index is -4.64. The maximum Gasteiger partial charge on any atom is 0.418 e. The van der Waals surface area contributed by atoms with Gasteiger partial charge in [-0.15, -0.1) is 0 Å². The summed E-state index contributed by atoms with van der Waals surface area (Å²) in [5.41, 5.74) is -0.310. The minimum Gasteiger partial charge on any atom is -0.491 e. The quantitative estimate of drug-likeness (QED) is 0.687. The second-order valence-corrected chi connectivity index (χ2v) is 8.63. The summed E-state index contributed by atoms with van der Waals surface area (Å²) in [4.78, 5) is 18.5. The Morgan fingerprint density at radius 1 is 1.31 bits per heavy atom. The second-order valence-electron chi connectivity index (χ2n) is 8.19. The second kappa shape index (κ2) is 8.53. The summed E-state index contributed by atoms with van der Waals surface area (Å²) < 4.78 is 45.3. The molecule has 1 amide bonds. The number of piperidine rings is 1. The topological polar surface area (TPSA) is 74.7 Å². The predicted octanol–water partition coefficient (Wildman–Crippen LogP) is 4.17. The number of ether oxygens (including phenoxy) is 1. The lowest BCUT2D eigenvalue weighted by molar-refractivity contribution is -0.139. The molecule has 0 aliphatic carbocycles. The van der Waals surface area contributed by atoms with Crippen LogP contribution in [-0.2, 0) is 16.4 Å². The summed E-state index contributed by atoms with van der Waals surface area (Å²) in [7, 11) is 0. The van der Waals surface area contributed by atoms with E-state index in [9.17, 15) is 23.1 Å². The van der Waals surface area contributed by atoms with Gasteiger partial charge in [0, 0.05) is 17.3 Å². The molecular weight excluding hydrogens is 447 g/mol. The molecule has 1 aromatic carbocycles. The van der Waals surface area contributed by atoms with Crippen LogP contribution >= 0.6 is 11.6 Å².